The van der Waals surface area contributed by atoms with Crippen LogP contribution in [0.4, 0.5) is 0 Å². The van der Waals surface area contributed by atoms with Gasteiger partial charge in [-0.2, -0.15) is 0 Å². The number of likely N-dealkylation sites (tertiary alicyclic amines) is 1. The van der Waals surface area contributed by atoms with Gasteiger partial charge < -0.3 is 5.32 Å². The molecule has 0 unspecified atom stereocenters. The molecule has 3 heteroatoms. The minimum atomic E-state index is 0.244. The van der Waals surface area contributed by atoms with Crippen LogP contribution in [0, 0.1) is 5.41 Å². The largest absolute Gasteiger partial charge is 0.356 e. The van der Waals surface area contributed by atoms with Crippen LogP contribution in [0.15, 0.2) is 30.3 Å². The Hall–Kier alpha value is -1.35. The maximum atomic E-state index is 11.5. The molecule has 1 amide bonds. The Bertz CT molecular complexity index is 449. The molecule has 1 aromatic carbocycles. The lowest BCUT2D eigenvalue weighted by molar-refractivity contribution is -0.121. The van der Waals surface area contributed by atoms with Crippen molar-refractivity contribution in [1.29, 1.82) is 0 Å². The van der Waals surface area contributed by atoms with Crippen LogP contribution < -0.4 is 5.32 Å². The highest BCUT2D eigenvalue weighted by atomic mass is 16.1. The van der Waals surface area contributed by atoms with Crippen LogP contribution in [0.3, 0.4) is 0 Å². The number of nitrogens with zero attached hydrogens (tertiary/aromatic N) is 1. The van der Waals surface area contributed by atoms with E-state index in [9.17, 15) is 4.79 Å². The first-order valence-corrected chi connectivity index (χ1v) is 7.79. The van der Waals surface area contributed by atoms with E-state index in [1.54, 1.807) is 0 Å². The summed E-state index contributed by atoms with van der Waals surface area (Å²) in [5.41, 5.74) is 1.83. The minimum Gasteiger partial charge on any atom is -0.356 e. The average Bonchev–Trinajstić information content (AvgIpc) is 2.66. The Morgan fingerprint density at radius 2 is 1.80 bits per heavy atom. The summed E-state index contributed by atoms with van der Waals surface area (Å²) in [4.78, 5) is 14.0. The molecule has 2 heterocycles. The van der Waals surface area contributed by atoms with Crippen molar-refractivity contribution >= 4 is 5.91 Å². The second-order valence-corrected chi connectivity index (χ2v) is 6.36. The maximum Gasteiger partial charge on any atom is 0.220 e. The molecule has 2 aliphatic rings. The fourth-order valence-electron chi connectivity index (χ4n) is 3.59. The summed E-state index contributed by atoms with van der Waals surface area (Å²) in [5.74, 6) is 0.244. The van der Waals surface area contributed by atoms with Gasteiger partial charge in [-0.05, 0) is 49.8 Å². The van der Waals surface area contributed by atoms with Gasteiger partial charge in [-0.15, -0.1) is 0 Å². The van der Waals surface area contributed by atoms with Crippen molar-refractivity contribution in [2.24, 2.45) is 5.41 Å². The maximum absolute atomic E-state index is 11.5. The number of rotatable bonds is 2. The number of carbonyl (C=O) groups excluding carboxylic acids is 1. The second-order valence-electron chi connectivity index (χ2n) is 6.36. The topological polar surface area (TPSA) is 32.3 Å². The van der Waals surface area contributed by atoms with Gasteiger partial charge in [0.25, 0.3) is 0 Å². The molecular weight excluding hydrogens is 248 g/mol. The van der Waals surface area contributed by atoms with Gasteiger partial charge in [-0.25, -0.2) is 0 Å². The fourth-order valence-corrected chi connectivity index (χ4v) is 3.59. The lowest BCUT2D eigenvalue weighted by atomic mass is 9.73. The van der Waals surface area contributed by atoms with Crippen LogP contribution >= 0.6 is 0 Å². The standard InChI is InChI=1S/C17H24N2O/c20-16-6-7-17(8-11-18-16)9-12-19(13-10-17)14-15-4-2-1-3-5-15/h1-5H,6-14H2,(H,18,20). The molecule has 3 nitrogen and oxygen atoms in total. The normalized spacial score (nSPS) is 23.3. The third-order valence-corrected chi connectivity index (χ3v) is 5.03. The van der Waals surface area contributed by atoms with E-state index >= 15 is 0 Å². The fraction of sp³-hybridized carbons (Fsp3) is 0.588. The van der Waals surface area contributed by atoms with Crippen molar-refractivity contribution in [1.82, 2.24) is 10.2 Å². The number of hydrogen-bond donors (Lipinski definition) is 1. The van der Waals surface area contributed by atoms with Gasteiger partial charge in [0.15, 0.2) is 0 Å². The van der Waals surface area contributed by atoms with Crippen molar-refractivity contribution in [3.05, 3.63) is 35.9 Å². The zero-order valence-electron chi connectivity index (χ0n) is 12.1. The van der Waals surface area contributed by atoms with Crippen molar-refractivity contribution < 1.29 is 4.79 Å². The Morgan fingerprint density at radius 1 is 1.05 bits per heavy atom. The van der Waals surface area contributed by atoms with Crippen LogP contribution in [-0.4, -0.2) is 30.4 Å². The number of hydrogen-bond acceptors (Lipinski definition) is 2. The predicted octanol–water partition coefficient (Wildman–Crippen LogP) is 2.57. The molecular formula is C17H24N2O. The summed E-state index contributed by atoms with van der Waals surface area (Å²) in [6.45, 7) is 4.28. The lowest BCUT2D eigenvalue weighted by Crippen LogP contribution is -2.40. The SMILES string of the molecule is O=C1CCC2(CCN1)CCN(Cc1ccccc1)CC2. The molecule has 108 valence electrons. The third kappa shape index (κ3) is 3.21. The third-order valence-electron chi connectivity index (χ3n) is 5.03. The molecule has 0 saturated carbocycles. The molecule has 0 bridgehead atoms. The smallest absolute Gasteiger partial charge is 0.220 e. The number of nitrogens with one attached hydrogen (secondary N) is 1. The summed E-state index contributed by atoms with van der Waals surface area (Å²) in [6.07, 6.45) is 5.46. The van der Waals surface area contributed by atoms with Gasteiger partial charge in [0, 0.05) is 19.5 Å². The summed E-state index contributed by atoms with van der Waals surface area (Å²) < 4.78 is 0. The Balaban J connectivity index is 1.55. The van der Waals surface area contributed by atoms with Crippen molar-refractivity contribution in [3.8, 4) is 0 Å². The van der Waals surface area contributed by atoms with Crippen molar-refractivity contribution in [3.63, 3.8) is 0 Å². The summed E-state index contributed by atoms with van der Waals surface area (Å²) >= 11 is 0. The van der Waals surface area contributed by atoms with Gasteiger partial charge in [0.1, 0.15) is 0 Å². The first-order chi connectivity index (χ1) is 9.76. The lowest BCUT2D eigenvalue weighted by Gasteiger charge is -2.41. The van der Waals surface area contributed by atoms with E-state index in [1.165, 1.54) is 31.5 Å². The molecule has 1 spiro atoms. The van der Waals surface area contributed by atoms with E-state index in [0.29, 0.717) is 5.41 Å². The highest BCUT2D eigenvalue weighted by Crippen LogP contribution is 2.40. The van der Waals surface area contributed by atoms with Crippen LogP contribution in [0.2, 0.25) is 0 Å². The van der Waals surface area contributed by atoms with Gasteiger partial charge in [-0.3, -0.25) is 9.69 Å². The quantitative estimate of drug-likeness (QED) is 0.897. The number of carbonyl (C=O) groups is 1. The average molecular weight is 272 g/mol. The molecule has 20 heavy (non-hydrogen) atoms. The van der Waals surface area contributed by atoms with Crippen LogP contribution in [0.1, 0.15) is 37.7 Å². The monoisotopic (exact) mass is 272 g/mol. The van der Waals surface area contributed by atoms with E-state index in [4.69, 9.17) is 0 Å². The Kier molecular flexibility index (Phi) is 4.06. The number of benzene rings is 1. The molecule has 0 radical (unpaired) electrons. The molecule has 0 aliphatic carbocycles. The highest BCUT2D eigenvalue weighted by molar-refractivity contribution is 5.76. The Morgan fingerprint density at radius 3 is 2.55 bits per heavy atom. The van der Waals surface area contributed by atoms with Gasteiger partial charge in [0.05, 0.1) is 0 Å². The molecule has 3 rings (SSSR count). The van der Waals surface area contributed by atoms with Gasteiger partial charge in [0.2, 0.25) is 5.91 Å². The number of piperidine rings is 1. The number of amides is 1. The molecule has 1 N–H and O–H groups in total. The molecule has 0 aromatic heterocycles. The molecule has 0 atom stereocenters. The van der Waals surface area contributed by atoms with E-state index in [-0.39, 0.29) is 5.91 Å². The zero-order valence-corrected chi connectivity index (χ0v) is 12.1. The van der Waals surface area contributed by atoms with E-state index in [2.05, 4.69) is 40.5 Å². The van der Waals surface area contributed by atoms with Crippen LogP contribution in [0.5, 0.6) is 0 Å². The zero-order chi connectivity index (χ0) is 13.8. The van der Waals surface area contributed by atoms with Gasteiger partial charge >= 0.3 is 0 Å². The second kappa shape index (κ2) is 5.96. The first-order valence-electron chi connectivity index (χ1n) is 7.79. The Labute approximate surface area is 121 Å². The van der Waals surface area contributed by atoms with E-state index < -0.39 is 0 Å². The minimum absolute atomic E-state index is 0.244. The highest BCUT2D eigenvalue weighted by Gasteiger charge is 2.35. The predicted molar refractivity (Wildman–Crippen MR) is 80.2 cm³/mol. The molecule has 2 fully saturated rings. The van der Waals surface area contributed by atoms with Crippen LogP contribution in [-0.2, 0) is 11.3 Å². The molecule has 2 aliphatic heterocycles. The van der Waals surface area contributed by atoms with Gasteiger partial charge in [-0.1, -0.05) is 30.3 Å². The van der Waals surface area contributed by atoms with Crippen LogP contribution in [0.25, 0.3) is 0 Å². The first kappa shape index (κ1) is 13.6. The summed E-state index contributed by atoms with van der Waals surface area (Å²) in [5, 5.41) is 3.01. The summed E-state index contributed by atoms with van der Waals surface area (Å²) in [6, 6.07) is 10.7. The van der Waals surface area contributed by atoms with E-state index in [0.717, 1.165) is 32.4 Å². The van der Waals surface area contributed by atoms with Crippen molar-refractivity contribution in [2.45, 2.75) is 38.6 Å². The van der Waals surface area contributed by atoms with Crippen molar-refractivity contribution in [2.75, 3.05) is 19.6 Å². The molecule has 1 aromatic rings. The summed E-state index contributed by atoms with van der Waals surface area (Å²) in [7, 11) is 0. The molecule has 2 saturated heterocycles. The van der Waals surface area contributed by atoms with E-state index in [1.807, 2.05) is 0 Å².